The minimum absolute atomic E-state index is 0.0229. The topological polar surface area (TPSA) is 44.8 Å². The lowest BCUT2D eigenvalue weighted by atomic mass is 10.1. The highest BCUT2D eigenvalue weighted by molar-refractivity contribution is 5.94. The first-order chi connectivity index (χ1) is 12.7. The van der Waals surface area contributed by atoms with E-state index in [0.717, 1.165) is 44.2 Å². The number of anilines is 1. The number of methoxy groups -OCH3 is 1. The van der Waals surface area contributed by atoms with Crippen molar-refractivity contribution < 1.29 is 9.53 Å². The molecule has 1 N–H and O–H groups in total. The molecule has 1 aliphatic heterocycles. The standard InChI is InChI=1S/C21H27N3O2/c1-17(21(25)22-19-9-6-10-20(15-19)26-2)24-13-11-23(12-14-24)16-18-7-4-3-5-8-18/h3-10,15,17H,11-14,16H2,1-2H3,(H,22,25). The minimum Gasteiger partial charge on any atom is -0.497 e. The van der Waals surface area contributed by atoms with Crippen LogP contribution in [0.3, 0.4) is 0 Å². The predicted molar refractivity (Wildman–Crippen MR) is 104 cm³/mol. The Morgan fingerprint density at radius 3 is 2.50 bits per heavy atom. The summed E-state index contributed by atoms with van der Waals surface area (Å²) in [6.45, 7) is 6.71. The van der Waals surface area contributed by atoms with Crippen molar-refractivity contribution in [3.63, 3.8) is 0 Å². The maximum atomic E-state index is 12.6. The van der Waals surface area contributed by atoms with Crippen LogP contribution in [0.4, 0.5) is 5.69 Å². The predicted octanol–water partition coefficient (Wildman–Crippen LogP) is 2.84. The molecule has 1 unspecified atom stereocenters. The van der Waals surface area contributed by atoms with Gasteiger partial charge in [0.1, 0.15) is 5.75 Å². The van der Waals surface area contributed by atoms with Crippen LogP contribution in [0.5, 0.6) is 5.75 Å². The molecule has 138 valence electrons. The van der Waals surface area contributed by atoms with E-state index in [4.69, 9.17) is 4.74 Å². The Hall–Kier alpha value is -2.37. The fourth-order valence-corrected chi connectivity index (χ4v) is 3.26. The number of amides is 1. The van der Waals surface area contributed by atoms with Gasteiger partial charge in [0.25, 0.3) is 0 Å². The molecule has 5 heteroatoms. The van der Waals surface area contributed by atoms with Gasteiger partial charge in [-0.05, 0) is 24.6 Å². The number of hydrogen-bond acceptors (Lipinski definition) is 4. The van der Waals surface area contributed by atoms with Crippen LogP contribution in [0.1, 0.15) is 12.5 Å². The maximum absolute atomic E-state index is 12.6. The molecule has 1 atom stereocenters. The summed E-state index contributed by atoms with van der Waals surface area (Å²) in [5.41, 5.74) is 2.11. The maximum Gasteiger partial charge on any atom is 0.241 e. The van der Waals surface area contributed by atoms with Crippen molar-refractivity contribution in [2.45, 2.75) is 19.5 Å². The molecule has 2 aromatic carbocycles. The molecule has 0 aliphatic carbocycles. The molecule has 5 nitrogen and oxygen atoms in total. The Labute approximate surface area is 155 Å². The van der Waals surface area contributed by atoms with E-state index in [1.54, 1.807) is 7.11 Å². The van der Waals surface area contributed by atoms with Gasteiger partial charge in [0.15, 0.2) is 0 Å². The van der Waals surface area contributed by atoms with Gasteiger partial charge in [-0.2, -0.15) is 0 Å². The molecule has 3 rings (SSSR count). The number of rotatable bonds is 6. The third-order valence-electron chi connectivity index (χ3n) is 4.92. The Kier molecular flexibility index (Phi) is 6.26. The van der Waals surface area contributed by atoms with Crippen LogP contribution >= 0.6 is 0 Å². The van der Waals surface area contributed by atoms with Gasteiger partial charge >= 0.3 is 0 Å². The number of carbonyl (C=O) groups excluding carboxylic acids is 1. The number of benzene rings is 2. The first-order valence-electron chi connectivity index (χ1n) is 9.11. The van der Waals surface area contributed by atoms with Gasteiger partial charge in [0, 0.05) is 44.5 Å². The van der Waals surface area contributed by atoms with Gasteiger partial charge in [-0.3, -0.25) is 14.6 Å². The van der Waals surface area contributed by atoms with E-state index in [1.165, 1.54) is 5.56 Å². The van der Waals surface area contributed by atoms with E-state index in [-0.39, 0.29) is 11.9 Å². The number of piperazine rings is 1. The summed E-state index contributed by atoms with van der Waals surface area (Å²) in [5, 5.41) is 2.99. The molecule has 1 saturated heterocycles. The van der Waals surface area contributed by atoms with Crippen molar-refractivity contribution >= 4 is 11.6 Å². The SMILES string of the molecule is COc1cccc(NC(=O)C(C)N2CCN(Cc3ccccc3)CC2)c1. The molecular formula is C21H27N3O2. The van der Waals surface area contributed by atoms with Crippen molar-refractivity contribution in [3.05, 3.63) is 60.2 Å². The number of nitrogens with zero attached hydrogens (tertiary/aromatic N) is 2. The second kappa shape index (κ2) is 8.83. The Morgan fingerprint density at radius 2 is 1.81 bits per heavy atom. The van der Waals surface area contributed by atoms with Crippen molar-refractivity contribution in [1.29, 1.82) is 0 Å². The van der Waals surface area contributed by atoms with Crippen molar-refractivity contribution in [3.8, 4) is 5.75 Å². The van der Waals surface area contributed by atoms with Crippen LogP contribution in [0, 0.1) is 0 Å². The quantitative estimate of drug-likeness (QED) is 0.867. The minimum atomic E-state index is -0.153. The van der Waals surface area contributed by atoms with E-state index in [9.17, 15) is 4.79 Å². The molecular weight excluding hydrogens is 326 g/mol. The molecule has 0 bridgehead atoms. The molecule has 1 heterocycles. The Bertz CT molecular complexity index is 712. The molecule has 0 spiro atoms. The average molecular weight is 353 g/mol. The van der Waals surface area contributed by atoms with Gasteiger partial charge in [0.2, 0.25) is 5.91 Å². The molecule has 0 saturated carbocycles. The first kappa shape index (κ1) is 18.4. The van der Waals surface area contributed by atoms with E-state index < -0.39 is 0 Å². The molecule has 1 aliphatic rings. The van der Waals surface area contributed by atoms with Crippen molar-refractivity contribution in [2.24, 2.45) is 0 Å². The smallest absolute Gasteiger partial charge is 0.241 e. The highest BCUT2D eigenvalue weighted by Crippen LogP contribution is 2.18. The van der Waals surface area contributed by atoms with E-state index in [1.807, 2.05) is 37.3 Å². The van der Waals surface area contributed by atoms with Gasteiger partial charge in [-0.1, -0.05) is 36.4 Å². The zero-order chi connectivity index (χ0) is 18.4. The molecule has 0 radical (unpaired) electrons. The van der Waals surface area contributed by atoms with Crippen LogP contribution < -0.4 is 10.1 Å². The highest BCUT2D eigenvalue weighted by atomic mass is 16.5. The van der Waals surface area contributed by atoms with Crippen molar-refractivity contribution in [2.75, 3.05) is 38.6 Å². The molecule has 1 amide bonds. The Balaban J connectivity index is 1.49. The summed E-state index contributed by atoms with van der Waals surface area (Å²) in [5.74, 6) is 0.764. The third-order valence-corrected chi connectivity index (χ3v) is 4.92. The van der Waals surface area contributed by atoms with E-state index in [0.29, 0.717) is 0 Å². The van der Waals surface area contributed by atoms with Crippen LogP contribution in [0.25, 0.3) is 0 Å². The molecule has 2 aromatic rings. The monoisotopic (exact) mass is 353 g/mol. The summed E-state index contributed by atoms with van der Waals surface area (Å²) in [4.78, 5) is 17.3. The second-order valence-corrected chi connectivity index (χ2v) is 6.69. The first-order valence-corrected chi connectivity index (χ1v) is 9.11. The normalized spacial score (nSPS) is 16.8. The zero-order valence-corrected chi connectivity index (χ0v) is 15.5. The lowest BCUT2D eigenvalue weighted by Gasteiger charge is -2.37. The largest absolute Gasteiger partial charge is 0.497 e. The fourth-order valence-electron chi connectivity index (χ4n) is 3.26. The third kappa shape index (κ3) is 4.84. The summed E-state index contributed by atoms with van der Waals surface area (Å²) < 4.78 is 5.21. The van der Waals surface area contributed by atoms with Crippen LogP contribution in [-0.4, -0.2) is 55.0 Å². The fraction of sp³-hybridized carbons (Fsp3) is 0.381. The van der Waals surface area contributed by atoms with Gasteiger partial charge in [-0.25, -0.2) is 0 Å². The number of nitrogens with one attached hydrogen (secondary N) is 1. The molecule has 0 aromatic heterocycles. The average Bonchev–Trinajstić information content (AvgIpc) is 2.69. The lowest BCUT2D eigenvalue weighted by Crippen LogP contribution is -2.52. The van der Waals surface area contributed by atoms with E-state index in [2.05, 4.69) is 39.4 Å². The van der Waals surface area contributed by atoms with Gasteiger partial charge in [-0.15, -0.1) is 0 Å². The summed E-state index contributed by atoms with van der Waals surface area (Å²) >= 11 is 0. The lowest BCUT2D eigenvalue weighted by molar-refractivity contribution is -0.121. The molecule has 26 heavy (non-hydrogen) atoms. The van der Waals surface area contributed by atoms with Crippen LogP contribution in [-0.2, 0) is 11.3 Å². The van der Waals surface area contributed by atoms with Crippen LogP contribution in [0.15, 0.2) is 54.6 Å². The number of hydrogen-bond donors (Lipinski definition) is 1. The summed E-state index contributed by atoms with van der Waals surface area (Å²) in [7, 11) is 1.62. The van der Waals surface area contributed by atoms with E-state index >= 15 is 0 Å². The highest BCUT2D eigenvalue weighted by Gasteiger charge is 2.25. The number of carbonyl (C=O) groups is 1. The van der Waals surface area contributed by atoms with Gasteiger partial charge < -0.3 is 10.1 Å². The zero-order valence-electron chi connectivity index (χ0n) is 15.5. The van der Waals surface area contributed by atoms with Crippen molar-refractivity contribution in [1.82, 2.24) is 9.80 Å². The second-order valence-electron chi connectivity index (χ2n) is 6.69. The summed E-state index contributed by atoms with van der Waals surface area (Å²) in [6.07, 6.45) is 0. The molecule has 1 fully saturated rings. The van der Waals surface area contributed by atoms with Crippen LogP contribution in [0.2, 0.25) is 0 Å². The number of ether oxygens (including phenoxy) is 1. The van der Waals surface area contributed by atoms with Gasteiger partial charge in [0.05, 0.1) is 13.2 Å². The Morgan fingerprint density at radius 1 is 1.08 bits per heavy atom. The summed E-state index contributed by atoms with van der Waals surface area (Å²) in [6, 6.07) is 17.8.